The third-order valence-corrected chi connectivity index (χ3v) is 4.03. The van der Waals surface area contributed by atoms with E-state index in [2.05, 4.69) is 26.3 Å². The quantitative estimate of drug-likeness (QED) is 0.727. The maximum Gasteiger partial charge on any atom is 0.280 e. The molecule has 1 N–H and O–H groups in total. The molecule has 0 aliphatic carbocycles. The molecule has 3 rings (SSSR count). The Kier molecular flexibility index (Phi) is 4.76. The lowest BCUT2D eigenvalue weighted by atomic mass is 10.2. The topological polar surface area (TPSA) is 64.0 Å². The van der Waals surface area contributed by atoms with Gasteiger partial charge in [-0.1, -0.05) is 28.1 Å². The van der Waals surface area contributed by atoms with E-state index < -0.39 is 17.2 Å². The van der Waals surface area contributed by atoms with Gasteiger partial charge < -0.3 is 5.32 Å². The summed E-state index contributed by atoms with van der Waals surface area (Å²) in [5.74, 6) is -1.15. The number of carbonyl (C=O) groups is 1. The van der Waals surface area contributed by atoms with Crippen molar-refractivity contribution >= 4 is 27.5 Å². The molecule has 126 valence electrons. The van der Waals surface area contributed by atoms with Gasteiger partial charge in [0.1, 0.15) is 11.5 Å². The summed E-state index contributed by atoms with van der Waals surface area (Å²) in [5, 5.41) is 6.67. The number of nitrogens with one attached hydrogen (secondary N) is 1. The molecule has 1 heterocycles. The molecule has 0 fully saturated rings. The van der Waals surface area contributed by atoms with Gasteiger partial charge in [-0.05, 0) is 43.3 Å². The van der Waals surface area contributed by atoms with Gasteiger partial charge in [-0.15, -0.1) is 0 Å². The average molecular weight is 402 g/mol. The van der Waals surface area contributed by atoms with Crippen molar-refractivity contribution < 1.29 is 9.18 Å². The van der Waals surface area contributed by atoms with E-state index in [-0.39, 0.29) is 11.4 Å². The first-order chi connectivity index (χ1) is 12.0. The Morgan fingerprint density at radius 1 is 1.16 bits per heavy atom. The largest absolute Gasteiger partial charge is 0.320 e. The Hall–Kier alpha value is -2.80. The number of carbonyl (C=O) groups excluding carboxylic acids is 1. The molecule has 25 heavy (non-hydrogen) atoms. The van der Waals surface area contributed by atoms with Gasteiger partial charge in [0, 0.05) is 21.9 Å². The number of hydrogen-bond acceptors (Lipinski definition) is 3. The highest BCUT2D eigenvalue weighted by molar-refractivity contribution is 9.10. The zero-order valence-corrected chi connectivity index (χ0v) is 14.7. The van der Waals surface area contributed by atoms with Crippen LogP contribution in [-0.2, 0) is 0 Å². The monoisotopic (exact) mass is 401 g/mol. The molecule has 0 bridgehead atoms. The van der Waals surface area contributed by atoms with Crippen LogP contribution in [0.1, 0.15) is 16.2 Å². The van der Waals surface area contributed by atoms with Crippen molar-refractivity contribution in [3.8, 4) is 5.69 Å². The van der Waals surface area contributed by atoms with Crippen LogP contribution < -0.4 is 10.7 Å². The summed E-state index contributed by atoms with van der Waals surface area (Å²) in [6.07, 6.45) is 0. The van der Waals surface area contributed by atoms with E-state index in [0.717, 1.165) is 4.47 Å². The van der Waals surface area contributed by atoms with Crippen LogP contribution in [0.15, 0.2) is 63.9 Å². The SMILES string of the molecule is Cc1cc(=O)c(C(=O)Nc2ccc(Br)cc2)nn1-c1ccccc1F. The second-order valence-electron chi connectivity index (χ2n) is 5.32. The number of nitrogens with zero attached hydrogens (tertiary/aromatic N) is 2. The normalized spacial score (nSPS) is 10.5. The van der Waals surface area contributed by atoms with E-state index in [4.69, 9.17) is 0 Å². The predicted octanol–water partition coefficient (Wildman–Crippen LogP) is 3.69. The first-order valence-corrected chi connectivity index (χ1v) is 8.18. The van der Waals surface area contributed by atoms with Crippen LogP contribution in [0.2, 0.25) is 0 Å². The highest BCUT2D eigenvalue weighted by Gasteiger charge is 2.16. The molecule has 5 nitrogen and oxygen atoms in total. The lowest BCUT2D eigenvalue weighted by Crippen LogP contribution is -2.27. The molecule has 1 amide bonds. The number of halogens is 2. The zero-order chi connectivity index (χ0) is 18.0. The molecule has 0 aliphatic rings. The predicted molar refractivity (Wildman–Crippen MR) is 96.6 cm³/mol. The third-order valence-electron chi connectivity index (χ3n) is 3.51. The number of rotatable bonds is 3. The third kappa shape index (κ3) is 3.66. The summed E-state index contributed by atoms with van der Waals surface area (Å²) < 4.78 is 16.1. The highest BCUT2D eigenvalue weighted by atomic mass is 79.9. The lowest BCUT2D eigenvalue weighted by molar-refractivity contribution is 0.101. The van der Waals surface area contributed by atoms with Crippen LogP contribution >= 0.6 is 15.9 Å². The van der Waals surface area contributed by atoms with Gasteiger partial charge in [0.15, 0.2) is 5.69 Å². The minimum Gasteiger partial charge on any atom is -0.320 e. The number of hydrogen-bond donors (Lipinski definition) is 1. The van der Waals surface area contributed by atoms with E-state index >= 15 is 0 Å². The molecule has 0 atom stereocenters. The molecule has 0 saturated carbocycles. The molecule has 0 saturated heterocycles. The van der Waals surface area contributed by atoms with Crippen LogP contribution in [0, 0.1) is 12.7 Å². The molecule has 3 aromatic rings. The van der Waals surface area contributed by atoms with E-state index in [1.807, 2.05) is 0 Å². The first kappa shape index (κ1) is 17.0. The zero-order valence-electron chi connectivity index (χ0n) is 13.2. The van der Waals surface area contributed by atoms with Crippen molar-refractivity contribution in [2.45, 2.75) is 6.92 Å². The summed E-state index contributed by atoms with van der Waals surface area (Å²) in [6.45, 7) is 1.62. The first-order valence-electron chi connectivity index (χ1n) is 7.38. The Labute approximate surface area is 151 Å². The van der Waals surface area contributed by atoms with Crippen molar-refractivity contribution in [1.29, 1.82) is 0 Å². The van der Waals surface area contributed by atoms with Crippen molar-refractivity contribution in [3.05, 3.63) is 86.5 Å². The summed E-state index contributed by atoms with van der Waals surface area (Å²) in [4.78, 5) is 24.6. The number of amides is 1. The van der Waals surface area contributed by atoms with E-state index in [1.54, 1.807) is 43.3 Å². The molecule has 0 unspecified atom stereocenters. The Balaban J connectivity index is 2.00. The summed E-state index contributed by atoms with van der Waals surface area (Å²) >= 11 is 3.30. The fourth-order valence-corrected chi connectivity index (χ4v) is 2.56. The second kappa shape index (κ2) is 6.98. The van der Waals surface area contributed by atoms with Gasteiger partial charge in [-0.3, -0.25) is 9.59 Å². The van der Waals surface area contributed by atoms with E-state index in [0.29, 0.717) is 11.4 Å². The van der Waals surface area contributed by atoms with Gasteiger partial charge in [-0.25, -0.2) is 9.07 Å². The maximum atomic E-state index is 14.0. The Morgan fingerprint density at radius 2 is 1.84 bits per heavy atom. The van der Waals surface area contributed by atoms with Crippen molar-refractivity contribution in [1.82, 2.24) is 9.78 Å². The van der Waals surface area contributed by atoms with Crippen molar-refractivity contribution in [3.63, 3.8) is 0 Å². The molecular formula is C18H13BrFN3O2. The second-order valence-corrected chi connectivity index (χ2v) is 6.24. The average Bonchev–Trinajstić information content (AvgIpc) is 2.58. The van der Waals surface area contributed by atoms with E-state index in [1.165, 1.54) is 22.9 Å². The number of benzene rings is 2. The van der Waals surface area contributed by atoms with Crippen LogP contribution in [0.5, 0.6) is 0 Å². The lowest BCUT2D eigenvalue weighted by Gasteiger charge is -2.12. The highest BCUT2D eigenvalue weighted by Crippen LogP contribution is 2.15. The van der Waals surface area contributed by atoms with Gasteiger partial charge in [-0.2, -0.15) is 5.10 Å². The standard InChI is InChI=1S/C18H13BrFN3O2/c1-11-10-16(24)17(18(25)21-13-8-6-12(19)7-9-13)22-23(11)15-5-3-2-4-14(15)20/h2-10H,1H3,(H,21,25). The minimum atomic E-state index is -0.655. The fraction of sp³-hybridized carbons (Fsp3) is 0.0556. The summed E-state index contributed by atoms with van der Waals surface area (Å²) in [7, 11) is 0. The van der Waals surface area contributed by atoms with Crippen molar-refractivity contribution in [2.75, 3.05) is 5.32 Å². The molecule has 0 spiro atoms. The number of para-hydroxylation sites is 1. The van der Waals surface area contributed by atoms with Gasteiger partial charge in [0.2, 0.25) is 5.43 Å². The Morgan fingerprint density at radius 3 is 2.52 bits per heavy atom. The smallest absolute Gasteiger partial charge is 0.280 e. The molecule has 7 heteroatoms. The van der Waals surface area contributed by atoms with Gasteiger partial charge in [0.05, 0.1) is 0 Å². The van der Waals surface area contributed by atoms with E-state index in [9.17, 15) is 14.0 Å². The van der Waals surface area contributed by atoms with Gasteiger partial charge in [0.25, 0.3) is 5.91 Å². The van der Waals surface area contributed by atoms with Crippen LogP contribution in [0.25, 0.3) is 5.69 Å². The number of aromatic nitrogens is 2. The summed E-state index contributed by atoms with van der Waals surface area (Å²) in [5.41, 5.74) is 0.275. The van der Waals surface area contributed by atoms with Crippen LogP contribution in [0.3, 0.4) is 0 Å². The minimum absolute atomic E-state index is 0.165. The summed E-state index contributed by atoms with van der Waals surface area (Å²) in [6, 6.07) is 14.2. The fourth-order valence-electron chi connectivity index (χ4n) is 2.30. The number of anilines is 1. The molecule has 1 aromatic heterocycles. The molecule has 0 aliphatic heterocycles. The number of aryl methyl sites for hydroxylation is 1. The molecular weight excluding hydrogens is 389 g/mol. The maximum absolute atomic E-state index is 14.0. The van der Waals surface area contributed by atoms with Crippen LogP contribution in [0.4, 0.5) is 10.1 Å². The van der Waals surface area contributed by atoms with Crippen LogP contribution in [-0.4, -0.2) is 15.7 Å². The van der Waals surface area contributed by atoms with Gasteiger partial charge >= 0.3 is 0 Å². The molecule has 0 radical (unpaired) electrons. The Bertz CT molecular complexity index is 1000. The van der Waals surface area contributed by atoms with Crippen molar-refractivity contribution in [2.24, 2.45) is 0 Å². The molecule has 2 aromatic carbocycles.